The van der Waals surface area contributed by atoms with Crippen molar-refractivity contribution in [3.63, 3.8) is 0 Å². The lowest BCUT2D eigenvalue weighted by molar-refractivity contribution is -0.120. The van der Waals surface area contributed by atoms with E-state index in [4.69, 9.17) is 0 Å². The van der Waals surface area contributed by atoms with Gasteiger partial charge >= 0.3 is 0 Å². The second-order valence-electron chi connectivity index (χ2n) is 4.80. The van der Waals surface area contributed by atoms with Crippen molar-refractivity contribution in [2.75, 3.05) is 6.26 Å². The van der Waals surface area contributed by atoms with Crippen LogP contribution in [0.3, 0.4) is 0 Å². The molecule has 0 heterocycles. The number of rotatable bonds is 3. The van der Waals surface area contributed by atoms with Crippen LogP contribution in [0, 0.1) is 0 Å². The fourth-order valence-corrected chi connectivity index (χ4v) is 4.32. The van der Waals surface area contributed by atoms with Gasteiger partial charge in [0.1, 0.15) is 5.78 Å². The molecule has 0 radical (unpaired) electrons. The normalized spacial score (nSPS) is 22.2. The van der Waals surface area contributed by atoms with Gasteiger partial charge in [-0.25, -0.2) is 8.42 Å². The summed E-state index contributed by atoms with van der Waals surface area (Å²) in [6.07, 6.45) is 3.66. The predicted molar refractivity (Wildman–Crippen MR) is 73.2 cm³/mol. The van der Waals surface area contributed by atoms with Crippen LogP contribution in [-0.4, -0.2) is 29.9 Å². The Kier molecular flexibility index (Phi) is 4.20. The second kappa shape index (κ2) is 5.54. The Morgan fingerprint density at radius 2 is 1.84 bits per heavy atom. The zero-order valence-electron chi connectivity index (χ0n) is 10.7. The maximum atomic E-state index is 12.3. The van der Waals surface area contributed by atoms with Crippen LogP contribution in [0.25, 0.3) is 0 Å². The van der Waals surface area contributed by atoms with Gasteiger partial charge in [-0.2, -0.15) is 0 Å². The van der Waals surface area contributed by atoms with Gasteiger partial charge in [0.2, 0.25) is 0 Å². The molecule has 0 N–H and O–H groups in total. The van der Waals surface area contributed by atoms with E-state index in [0.29, 0.717) is 17.7 Å². The molecule has 4 nitrogen and oxygen atoms in total. The number of hydrogen-bond acceptors (Lipinski definition) is 4. The molecule has 1 saturated carbocycles. The van der Waals surface area contributed by atoms with Crippen molar-refractivity contribution in [1.82, 2.24) is 0 Å². The number of carbonyl (C=O) groups is 1. The van der Waals surface area contributed by atoms with Crippen molar-refractivity contribution in [2.24, 2.45) is 0 Å². The van der Waals surface area contributed by atoms with Crippen LogP contribution in [-0.2, 0) is 25.4 Å². The molecule has 1 aromatic carbocycles. The molecule has 1 aliphatic rings. The summed E-state index contributed by atoms with van der Waals surface area (Å²) in [5.41, 5.74) is 0. The van der Waals surface area contributed by atoms with Crippen LogP contribution < -0.4 is 0 Å². The summed E-state index contributed by atoms with van der Waals surface area (Å²) in [7, 11) is -4.47. The van der Waals surface area contributed by atoms with Crippen molar-refractivity contribution < 1.29 is 17.4 Å². The van der Waals surface area contributed by atoms with E-state index in [0.717, 1.165) is 19.1 Å². The Morgan fingerprint density at radius 3 is 2.37 bits per heavy atom. The van der Waals surface area contributed by atoms with Crippen LogP contribution in [0.15, 0.2) is 34.1 Å². The third-order valence-corrected chi connectivity index (χ3v) is 6.10. The second-order valence-corrected chi connectivity index (χ2v) is 8.55. The van der Waals surface area contributed by atoms with Crippen LogP contribution in [0.5, 0.6) is 0 Å². The molecular formula is C13H16O4S2. The largest absolute Gasteiger partial charge is 0.300 e. The minimum absolute atomic E-state index is 0.134. The fourth-order valence-electron chi connectivity index (χ4n) is 2.18. The lowest BCUT2D eigenvalue weighted by atomic mass is 9.99. The Bertz CT molecular complexity index is 602. The first-order chi connectivity index (χ1) is 8.88. The van der Waals surface area contributed by atoms with E-state index in [2.05, 4.69) is 0 Å². The van der Waals surface area contributed by atoms with Gasteiger partial charge in [-0.1, -0.05) is 0 Å². The van der Waals surface area contributed by atoms with Crippen molar-refractivity contribution in [2.45, 2.75) is 40.7 Å². The molecule has 2 unspecified atom stereocenters. The van der Waals surface area contributed by atoms with E-state index < -0.39 is 20.6 Å². The first-order valence-corrected chi connectivity index (χ1v) is 9.21. The summed E-state index contributed by atoms with van der Waals surface area (Å²) >= 11 is 0. The highest BCUT2D eigenvalue weighted by Crippen LogP contribution is 2.24. The molecular weight excluding hydrogens is 284 g/mol. The average molecular weight is 300 g/mol. The molecule has 19 heavy (non-hydrogen) atoms. The van der Waals surface area contributed by atoms with Gasteiger partial charge in [-0.05, 0) is 37.1 Å². The molecule has 2 rings (SSSR count). The van der Waals surface area contributed by atoms with Gasteiger partial charge < -0.3 is 0 Å². The molecule has 2 atom stereocenters. The van der Waals surface area contributed by atoms with Crippen molar-refractivity contribution >= 4 is 26.4 Å². The van der Waals surface area contributed by atoms with Crippen molar-refractivity contribution in [3.8, 4) is 0 Å². The fraction of sp³-hybridized carbons (Fsp3) is 0.462. The predicted octanol–water partition coefficient (Wildman–Crippen LogP) is 1.71. The van der Waals surface area contributed by atoms with Crippen LogP contribution in [0.4, 0.5) is 0 Å². The highest BCUT2D eigenvalue weighted by atomic mass is 32.2. The summed E-state index contributed by atoms with van der Waals surface area (Å²) in [5.74, 6) is 0.164. The Morgan fingerprint density at radius 1 is 1.21 bits per heavy atom. The van der Waals surface area contributed by atoms with E-state index in [1.165, 1.54) is 12.1 Å². The zero-order valence-corrected chi connectivity index (χ0v) is 12.3. The van der Waals surface area contributed by atoms with Crippen molar-refractivity contribution in [1.29, 1.82) is 0 Å². The molecule has 6 heteroatoms. The molecule has 0 saturated heterocycles. The van der Waals surface area contributed by atoms with Crippen LogP contribution in [0.1, 0.15) is 25.7 Å². The summed E-state index contributed by atoms with van der Waals surface area (Å²) in [6.45, 7) is 0. The Labute approximate surface area is 115 Å². The van der Waals surface area contributed by atoms with Gasteiger partial charge in [-0.15, -0.1) is 0 Å². The van der Waals surface area contributed by atoms with Gasteiger partial charge in [0.05, 0.1) is 15.7 Å². The third kappa shape index (κ3) is 3.51. The summed E-state index contributed by atoms with van der Waals surface area (Å²) in [6, 6.07) is 6.08. The molecule has 0 bridgehead atoms. The lowest BCUT2D eigenvalue weighted by Crippen LogP contribution is -2.24. The number of carbonyl (C=O) groups excluding carboxylic acids is 1. The van der Waals surface area contributed by atoms with Crippen LogP contribution >= 0.6 is 0 Å². The number of Topliss-reactive ketones (excluding diaryl/α,β-unsaturated/α-hetero) is 1. The quantitative estimate of drug-likeness (QED) is 0.852. The summed E-state index contributed by atoms with van der Waals surface area (Å²) < 4.78 is 35.0. The van der Waals surface area contributed by atoms with Crippen molar-refractivity contribution in [3.05, 3.63) is 24.3 Å². The van der Waals surface area contributed by atoms with E-state index in [-0.39, 0.29) is 15.9 Å². The van der Waals surface area contributed by atoms with Gasteiger partial charge in [0.25, 0.3) is 0 Å². The van der Waals surface area contributed by atoms with E-state index >= 15 is 0 Å². The SMILES string of the molecule is CS(=O)(=O)c1ccc(S(=O)C2CCCC(=O)C2)cc1. The molecule has 0 spiro atoms. The highest BCUT2D eigenvalue weighted by Gasteiger charge is 2.25. The number of benzene rings is 1. The smallest absolute Gasteiger partial charge is 0.175 e. The minimum atomic E-state index is -3.23. The van der Waals surface area contributed by atoms with E-state index in [1.807, 2.05) is 0 Å². The first kappa shape index (κ1) is 14.4. The van der Waals surface area contributed by atoms with E-state index in [9.17, 15) is 17.4 Å². The molecule has 1 fully saturated rings. The highest BCUT2D eigenvalue weighted by molar-refractivity contribution is 7.90. The molecule has 0 amide bonds. The topological polar surface area (TPSA) is 68.3 Å². The first-order valence-electron chi connectivity index (χ1n) is 6.10. The molecule has 1 aromatic rings. The Hall–Kier alpha value is -1.01. The molecule has 0 aliphatic heterocycles. The van der Waals surface area contributed by atoms with Gasteiger partial charge in [0, 0.05) is 29.2 Å². The zero-order chi connectivity index (χ0) is 14.0. The minimum Gasteiger partial charge on any atom is -0.300 e. The van der Waals surface area contributed by atoms with Gasteiger partial charge in [0.15, 0.2) is 9.84 Å². The molecule has 0 aromatic heterocycles. The average Bonchev–Trinajstić information content (AvgIpc) is 2.37. The van der Waals surface area contributed by atoms with E-state index in [1.54, 1.807) is 12.1 Å². The Balaban J connectivity index is 2.18. The number of sulfone groups is 1. The van der Waals surface area contributed by atoms with Crippen LogP contribution in [0.2, 0.25) is 0 Å². The number of ketones is 1. The maximum Gasteiger partial charge on any atom is 0.175 e. The third-order valence-electron chi connectivity index (χ3n) is 3.22. The summed E-state index contributed by atoms with van der Waals surface area (Å²) in [4.78, 5) is 12.2. The lowest BCUT2D eigenvalue weighted by Gasteiger charge is -2.20. The monoisotopic (exact) mass is 300 g/mol. The van der Waals surface area contributed by atoms with Gasteiger partial charge in [-0.3, -0.25) is 9.00 Å². The molecule has 104 valence electrons. The maximum absolute atomic E-state index is 12.3. The summed E-state index contributed by atoms with van der Waals surface area (Å²) in [5, 5.41) is -0.134. The number of hydrogen-bond donors (Lipinski definition) is 0. The molecule has 1 aliphatic carbocycles. The standard InChI is InChI=1S/C13H16O4S2/c1-19(16,17)13-7-5-11(6-8-13)18(15)12-4-2-3-10(14)9-12/h5-8,12H,2-4,9H2,1H3.